The SMILES string of the molecule is COC(=O)CCC=CC1OC2(CCCCC2)OC1C1COC(C)(C)O1. The second-order valence-corrected chi connectivity index (χ2v) is 7.55. The van der Waals surface area contributed by atoms with Crippen LogP contribution in [0.2, 0.25) is 0 Å². The zero-order chi connectivity index (χ0) is 17.9. The third-order valence-electron chi connectivity index (χ3n) is 5.11. The minimum atomic E-state index is -0.588. The van der Waals surface area contributed by atoms with E-state index < -0.39 is 11.6 Å². The Labute approximate surface area is 149 Å². The van der Waals surface area contributed by atoms with Crippen LogP contribution in [0, 0.1) is 0 Å². The summed E-state index contributed by atoms with van der Waals surface area (Å²) in [5.74, 6) is -1.28. The summed E-state index contributed by atoms with van der Waals surface area (Å²) in [5, 5.41) is 0. The van der Waals surface area contributed by atoms with Crippen LogP contribution < -0.4 is 0 Å². The van der Waals surface area contributed by atoms with E-state index in [-0.39, 0.29) is 24.3 Å². The molecule has 2 aliphatic heterocycles. The summed E-state index contributed by atoms with van der Waals surface area (Å²) in [6, 6.07) is 0. The zero-order valence-corrected chi connectivity index (χ0v) is 15.5. The number of hydrogen-bond acceptors (Lipinski definition) is 6. The molecule has 3 unspecified atom stereocenters. The number of esters is 1. The minimum Gasteiger partial charge on any atom is -0.469 e. The van der Waals surface area contributed by atoms with E-state index in [0.29, 0.717) is 19.4 Å². The van der Waals surface area contributed by atoms with Crippen molar-refractivity contribution in [3.05, 3.63) is 12.2 Å². The first-order valence-electron chi connectivity index (χ1n) is 9.34. The largest absolute Gasteiger partial charge is 0.469 e. The van der Waals surface area contributed by atoms with Crippen molar-refractivity contribution in [3.63, 3.8) is 0 Å². The molecule has 142 valence electrons. The van der Waals surface area contributed by atoms with Gasteiger partial charge in [0.1, 0.15) is 18.3 Å². The van der Waals surface area contributed by atoms with Gasteiger partial charge in [-0.15, -0.1) is 0 Å². The van der Waals surface area contributed by atoms with E-state index in [2.05, 4.69) is 4.74 Å². The summed E-state index contributed by atoms with van der Waals surface area (Å²) in [6.07, 6.45) is 9.78. The molecule has 0 aromatic heterocycles. The molecular formula is C19H30O6. The van der Waals surface area contributed by atoms with Crippen LogP contribution in [-0.2, 0) is 28.5 Å². The molecule has 1 spiro atoms. The van der Waals surface area contributed by atoms with Gasteiger partial charge >= 0.3 is 5.97 Å². The fraction of sp³-hybridized carbons (Fsp3) is 0.842. The maximum Gasteiger partial charge on any atom is 0.305 e. The molecule has 1 saturated carbocycles. The van der Waals surface area contributed by atoms with Crippen LogP contribution in [0.25, 0.3) is 0 Å². The Morgan fingerprint density at radius 1 is 1.16 bits per heavy atom. The van der Waals surface area contributed by atoms with Gasteiger partial charge in [0.15, 0.2) is 11.6 Å². The molecule has 6 heteroatoms. The van der Waals surface area contributed by atoms with E-state index >= 15 is 0 Å². The summed E-state index contributed by atoms with van der Waals surface area (Å²) in [7, 11) is 1.40. The molecule has 0 aromatic carbocycles. The lowest BCUT2D eigenvalue weighted by Crippen LogP contribution is -2.38. The number of ether oxygens (including phenoxy) is 5. The molecule has 1 aliphatic carbocycles. The van der Waals surface area contributed by atoms with Crippen molar-refractivity contribution >= 4 is 5.97 Å². The number of rotatable bonds is 5. The van der Waals surface area contributed by atoms with Gasteiger partial charge in [0, 0.05) is 19.3 Å². The van der Waals surface area contributed by atoms with Crippen LogP contribution in [0.15, 0.2) is 12.2 Å². The quantitative estimate of drug-likeness (QED) is 0.558. The fourth-order valence-electron chi connectivity index (χ4n) is 3.83. The summed E-state index contributed by atoms with van der Waals surface area (Å²) < 4.78 is 29.2. The van der Waals surface area contributed by atoms with Gasteiger partial charge in [-0.05, 0) is 33.1 Å². The zero-order valence-electron chi connectivity index (χ0n) is 15.5. The standard InChI is InChI=1S/C19H30O6/c1-18(2)22-13-15(23-18)17-14(9-5-6-10-16(20)21-3)24-19(25-17)11-7-4-8-12-19/h5,9,14-15,17H,4,6-8,10-13H2,1-3H3. The van der Waals surface area contributed by atoms with Gasteiger partial charge in [0.2, 0.25) is 0 Å². The van der Waals surface area contributed by atoms with E-state index in [1.807, 2.05) is 26.0 Å². The van der Waals surface area contributed by atoms with E-state index in [9.17, 15) is 4.79 Å². The molecule has 3 rings (SSSR count). The van der Waals surface area contributed by atoms with Crippen molar-refractivity contribution in [3.8, 4) is 0 Å². The van der Waals surface area contributed by atoms with Crippen LogP contribution in [0.3, 0.4) is 0 Å². The fourth-order valence-corrected chi connectivity index (χ4v) is 3.83. The third-order valence-corrected chi connectivity index (χ3v) is 5.11. The summed E-state index contributed by atoms with van der Waals surface area (Å²) in [6.45, 7) is 4.34. The molecule has 3 fully saturated rings. The van der Waals surface area contributed by atoms with Crippen LogP contribution in [0.4, 0.5) is 0 Å². The molecule has 2 heterocycles. The molecule has 0 N–H and O–H groups in total. The maximum atomic E-state index is 11.2. The summed E-state index contributed by atoms with van der Waals surface area (Å²) in [5.41, 5.74) is 0. The highest BCUT2D eigenvalue weighted by Gasteiger charge is 2.52. The summed E-state index contributed by atoms with van der Waals surface area (Å²) >= 11 is 0. The first-order chi connectivity index (χ1) is 11.9. The number of carbonyl (C=O) groups is 1. The molecule has 0 radical (unpaired) electrons. The van der Waals surface area contributed by atoms with Gasteiger partial charge in [0.05, 0.1) is 13.7 Å². The number of carbonyl (C=O) groups excluding carboxylic acids is 1. The smallest absolute Gasteiger partial charge is 0.305 e. The van der Waals surface area contributed by atoms with Crippen molar-refractivity contribution in [2.45, 2.75) is 88.7 Å². The lowest BCUT2D eigenvalue weighted by atomic mass is 9.94. The van der Waals surface area contributed by atoms with Crippen molar-refractivity contribution in [1.29, 1.82) is 0 Å². The van der Waals surface area contributed by atoms with E-state index in [1.54, 1.807) is 0 Å². The Morgan fingerprint density at radius 3 is 2.56 bits per heavy atom. The van der Waals surface area contributed by atoms with Gasteiger partial charge in [-0.2, -0.15) is 0 Å². The normalized spacial score (nSPS) is 34.0. The number of methoxy groups -OCH3 is 1. The van der Waals surface area contributed by atoms with Gasteiger partial charge in [-0.1, -0.05) is 18.6 Å². The van der Waals surface area contributed by atoms with Crippen molar-refractivity contribution in [1.82, 2.24) is 0 Å². The Hall–Kier alpha value is -0.950. The van der Waals surface area contributed by atoms with Crippen molar-refractivity contribution in [2.24, 2.45) is 0 Å². The third kappa shape index (κ3) is 4.61. The average molecular weight is 354 g/mol. The highest BCUT2D eigenvalue weighted by atomic mass is 16.8. The second kappa shape index (κ2) is 7.74. The average Bonchev–Trinajstić information content (AvgIpc) is 3.12. The number of allylic oxidation sites excluding steroid dienone is 1. The molecule has 2 saturated heterocycles. The van der Waals surface area contributed by atoms with Crippen LogP contribution >= 0.6 is 0 Å². The molecule has 25 heavy (non-hydrogen) atoms. The Morgan fingerprint density at radius 2 is 1.92 bits per heavy atom. The second-order valence-electron chi connectivity index (χ2n) is 7.55. The summed E-state index contributed by atoms with van der Waals surface area (Å²) in [4.78, 5) is 11.2. The molecule has 3 atom stereocenters. The molecular weight excluding hydrogens is 324 g/mol. The number of hydrogen-bond donors (Lipinski definition) is 0. The maximum absolute atomic E-state index is 11.2. The van der Waals surface area contributed by atoms with Crippen LogP contribution in [-0.4, -0.2) is 49.6 Å². The molecule has 0 aromatic rings. The molecule has 0 bridgehead atoms. The topological polar surface area (TPSA) is 63.2 Å². The first-order valence-corrected chi connectivity index (χ1v) is 9.34. The van der Waals surface area contributed by atoms with E-state index in [0.717, 1.165) is 25.7 Å². The lowest BCUT2D eigenvalue weighted by Gasteiger charge is -2.32. The predicted molar refractivity (Wildman–Crippen MR) is 90.9 cm³/mol. The Bertz CT molecular complexity index is 494. The van der Waals surface area contributed by atoms with E-state index in [4.69, 9.17) is 18.9 Å². The van der Waals surface area contributed by atoms with Crippen molar-refractivity contribution in [2.75, 3.05) is 13.7 Å². The monoisotopic (exact) mass is 354 g/mol. The molecule has 0 amide bonds. The highest BCUT2D eigenvalue weighted by molar-refractivity contribution is 5.69. The van der Waals surface area contributed by atoms with Gasteiger partial charge in [-0.25, -0.2) is 0 Å². The minimum absolute atomic E-state index is 0.147. The lowest BCUT2D eigenvalue weighted by molar-refractivity contribution is -0.205. The van der Waals surface area contributed by atoms with Crippen LogP contribution in [0.5, 0.6) is 0 Å². The first kappa shape index (κ1) is 18.8. The van der Waals surface area contributed by atoms with Gasteiger partial charge in [-0.3, -0.25) is 4.79 Å². The molecule has 6 nitrogen and oxygen atoms in total. The molecule has 3 aliphatic rings. The van der Waals surface area contributed by atoms with E-state index in [1.165, 1.54) is 13.5 Å². The van der Waals surface area contributed by atoms with Gasteiger partial charge < -0.3 is 23.7 Å². The Kier molecular flexibility index (Phi) is 5.83. The van der Waals surface area contributed by atoms with Crippen molar-refractivity contribution < 1.29 is 28.5 Å². The predicted octanol–water partition coefficient (Wildman–Crippen LogP) is 3.09. The van der Waals surface area contributed by atoms with Crippen LogP contribution in [0.1, 0.15) is 58.8 Å². The van der Waals surface area contributed by atoms with Gasteiger partial charge in [0.25, 0.3) is 0 Å². The Balaban J connectivity index is 1.66. The highest BCUT2D eigenvalue weighted by Crippen LogP contribution is 2.43.